The van der Waals surface area contributed by atoms with Crippen molar-refractivity contribution in [3.63, 3.8) is 0 Å². The Balaban J connectivity index is 1.62. The third kappa shape index (κ3) is 2.42. The number of nitrogens with zero attached hydrogens (tertiary/aromatic N) is 3. The van der Waals surface area contributed by atoms with Gasteiger partial charge in [0.05, 0.1) is 5.56 Å². The van der Waals surface area contributed by atoms with Crippen molar-refractivity contribution in [2.24, 2.45) is 5.92 Å². The van der Waals surface area contributed by atoms with Crippen LogP contribution in [0.4, 0.5) is 5.69 Å². The van der Waals surface area contributed by atoms with Crippen LogP contribution in [0.3, 0.4) is 0 Å². The molecular weight excluding hydrogens is 292 g/mol. The van der Waals surface area contributed by atoms with Crippen molar-refractivity contribution in [3.05, 3.63) is 65.0 Å². The van der Waals surface area contributed by atoms with Gasteiger partial charge in [-0.2, -0.15) is 0 Å². The fourth-order valence-electron chi connectivity index (χ4n) is 2.81. The molecule has 1 fully saturated rings. The van der Waals surface area contributed by atoms with Gasteiger partial charge in [-0.25, -0.2) is 4.98 Å². The summed E-state index contributed by atoms with van der Waals surface area (Å²) in [7, 11) is 0. The molecule has 1 aliphatic carbocycles. The molecule has 6 nitrogen and oxygen atoms in total. The number of anilines is 1. The zero-order valence-corrected chi connectivity index (χ0v) is 12.6. The molecule has 1 N–H and O–H groups in total. The summed E-state index contributed by atoms with van der Waals surface area (Å²) in [5, 5.41) is 2.72. The van der Waals surface area contributed by atoms with Crippen LogP contribution in [0, 0.1) is 5.92 Å². The first-order valence-electron chi connectivity index (χ1n) is 7.59. The molecule has 1 amide bonds. The Morgan fingerprint density at radius 2 is 2.13 bits per heavy atom. The molecule has 1 aliphatic rings. The molecule has 4 rings (SSSR count). The number of imidazole rings is 1. The molecule has 0 bridgehead atoms. The molecule has 1 saturated carbocycles. The summed E-state index contributed by atoms with van der Waals surface area (Å²) in [5.74, 6) is 0.210. The van der Waals surface area contributed by atoms with Crippen LogP contribution >= 0.6 is 0 Å². The Morgan fingerprint density at radius 3 is 2.91 bits per heavy atom. The van der Waals surface area contributed by atoms with E-state index in [1.807, 2.05) is 0 Å². The van der Waals surface area contributed by atoms with E-state index in [0.717, 1.165) is 12.1 Å². The Morgan fingerprint density at radius 1 is 1.30 bits per heavy atom. The molecule has 3 aromatic heterocycles. The monoisotopic (exact) mass is 308 g/mol. The van der Waals surface area contributed by atoms with E-state index in [-0.39, 0.29) is 17.5 Å². The molecule has 3 aromatic rings. The summed E-state index contributed by atoms with van der Waals surface area (Å²) in [6.45, 7) is 2.11. The van der Waals surface area contributed by atoms with Gasteiger partial charge < -0.3 is 14.3 Å². The van der Waals surface area contributed by atoms with Gasteiger partial charge in [-0.15, -0.1) is 0 Å². The first-order chi connectivity index (χ1) is 11.1. The maximum absolute atomic E-state index is 12.5. The van der Waals surface area contributed by atoms with E-state index in [4.69, 9.17) is 0 Å². The van der Waals surface area contributed by atoms with Gasteiger partial charge in [0.25, 0.3) is 11.5 Å². The molecule has 6 heteroatoms. The Kier molecular flexibility index (Phi) is 3.04. The van der Waals surface area contributed by atoms with Crippen LogP contribution in [0.2, 0.25) is 0 Å². The lowest BCUT2D eigenvalue weighted by Crippen LogP contribution is -2.25. The standard InChI is InChI=1S/C17H16N4O2/c1-11-9-14(11)21-7-2-3-13(17(21)23)19-16(22)12-4-5-15-18-6-8-20(15)10-12/h2-8,10-11,14H,9H2,1H3,(H,19,22)/t11-,14-/m1/s1. The number of rotatable bonds is 3. The molecule has 0 saturated heterocycles. The third-order valence-electron chi connectivity index (χ3n) is 4.30. The Labute approximate surface area is 132 Å². The second-order valence-corrected chi connectivity index (χ2v) is 5.98. The first-order valence-corrected chi connectivity index (χ1v) is 7.59. The smallest absolute Gasteiger partial charge is 0.274 e. The Bertz CT molecular complexity index is 956. The number of carbonyl (C=O) groups excluding carboxylic acids is 1. The molecule has 0 aromatic carbocycles. The van der Waals surface area contributed by atoms with Crippen molar-refractivity contribution in [1.82, 2.24) is 14.0 Å². The topological polar surface area (TPSA) is 68.4 Å². The number of pyridine rings is 2. The van der Waals surface area contributed by atoms with E-state index in [0.29, 0.717) is 17.2 Å². The maximum Gasteiger partial charge on any atom is 0.274 e. The van der Waals surface area contributed by atoms with Gasteiger partial charge in [-0.3, -0.25) is 9.59 Å². The lowest BCUT2D eigenvalue weighted by Gasteiger charge is -2.09. The SMILES string of the molecule is C[C@@H]1C[C@H]1n1cccc(NC(=O)c2ccc3nccn3c2)c1=O. The highest BCUT2D eigenvalue weighted by Crippen LogP contribution is 2.41. The van der Waals surface area contributed by atoms with Gasteiger partial charge >= 0.3 is 0 Å². The lowest BCUT2D eigenvalue weighted by atomic mass is 10.2. The summed E-state index contributed by atoms with van der Waals surface area (Å²) >= 11 is 0. The number of hydrogen-bond acceptors (Lipinski definition) is 3. The van der Waals surface area contributed by atoms with Gasteiger partial charge in [-0.05, 0) is 36.6 Å². The van der Waals surface area contributed by atoms with Crippen molar-refractivity contribution in [2.75, 3.05) is 5.32 Å². The molecule has 0 spiro atoms. The highest BCUT2D eigenvalue weighted by Gasteiger charge is 2.35. The van der Waals surface area contributed by atoms with Crippen LogP contribution in [-0.4, -0.2) is 19.9 Å². The summed E-state index contributed by atoms with van der Waals surface area (Å²) < 4.78 is 3.48. The van der Waals surface area contributed by atoms with Crippen molar-refractivity contribution in [2.45, 2.75) is 19.4 Å². The zero-order chi connectivity index (χ0) is 16.0. The minimum absolute atomic E-state index is 0.154. The largest absolute Gasteiger partial charge is 0.317 e. The van der Waals surface area contributed by atoms with E-state index in [9.17, 15) is 9.59 Å². The summed E-state index contributed by atoms with van der Waals surface area (Å²) in [5.41, 5.74) is 1.40. The second kappa shape index (κ2) is 5.08. The number of aromatic nitrogens is 3. The van der Waals surface area contributed by atoms with Gasteiger partial charge in [0.2, 0.25) is 0 Å². The minimum atomic E-state index is -0.306. The number of carbonyl (C=O) groups is 1. The molecule has 2 atom stereocenters. The molecule has 0 aliphatic heterocycles. The first kappa shape index (κ1) is 13.8. The van der Waals surface area contributed by atoms with Crippen LogP contribution in [0.1, 0.15) is 29.7 Å². The van der Waals surface area contributed by atoms with Crippen LogP contribution < -0.4 is 10.9 Å². The Hall–Kier alpha value is -2.89. The van der Waals surface area contributed by atoms with E-state index in [2.05, 4.69) is 17.2 Å². The number of hydrogen-bond donors (Lipinski definition) is 1. The van der Waals surface area contributed by atoms with E-state index in [1.165, 1.54) is 0 Å². The van der Waals surface area contributed by atoms with Gasteiger partial charge in [0.1, 0.15) is 11.3 Å². The van der Waals surface area contributed by atoms with Crippen molar-refractivity contribution < 1.29 is 4.79 Å². The fraction of sp³-hybridized carbons (Fsp3) is 0.235. The van der Waals surface area contributed by atoms with Crippen molar-refractivity contribution >= 4 is 17.2 Å². The zero-order valence-electron chi connectivity index (χ0n) is 12.6. The van der Waals surface area contributed by atoms with Crippen LogP contribution in [0.15, 0.2) is 53.8 Å². The van der Waals surface area contributed by atoms with Crippen LogP contribution in [0.25, 0.3) is 5.65 Å². The molecule has 23 heavy (non-hydrogen) atoms. The number of fused-ring (bicyclic) bond motifs is 1. The fourth-order valence-corrected chi connectivity index (χ4v) is 2.81. The van der Waals surface area contributed by atoms with E-state index < -0.39 is 0 Å². The van der Waals surface area contributed by atoms with Gasteiger partial charge in [0.15, 0.2) is 0 Å². The highest BCUT2D eigenvalue weighted by atomic mass is 16.2. The summed E-state index contributed by atoms with van der Waals surface area (Å²) in [6, 6.07) is 7.15. The van der Waals surface area contributed by atoms with Gasteiger partial charge in [0, 0.05) is 30.8 Å². The molecule has 0 radical (unpaired) electrons. The van der Waals surface area contributed by atoms with E-state index >= 15 is 0 Å². The third-order valence-corrected chi connectivity index (χ3v) is 4.30. The molecular formula is C17H16N4O2. The van der Waals surface area contributed by atoms with Crippen LogP contribution in [0.5, 0.6) is 0 Å². The van der Waals surface area contributed by atoms with Gasteiger partial charge in [-0.1, -0.05) is 6.92 Å². The predicted octanol–water partition coefficient (Wildman–Crippen LogP) is 2.33. The minimum Gasteiger partial charge on any atom is -0.317 e. The molecule has 3 heterocycles. The second-order valence-electron chi connectivity index (χ2n) is 5.98. The molecule has 116 valence electrons. The maximum atomic E-state index is 12.5. The van der Waals surface area contributed by atoms with Crippen LogP contribution in [-0.2, 0) is 0 Å². The lowest BCUT2D eigenvalue weighted by molar-refractivity contribution is 0.102. The molecule has 0 unspecified atom stereocenters. The average Bonchev–Trinajstić information content (AvgIpc) is 3.09. The van der Waals surface area contributed by atoms with Crippen molar-refractivity contribution in [3.8, 4) is 0 Å². The average molecular weight is 308 g/mol. The predicted molar refractivity (Wildman–Crippen MR) is 86.7 cm³/mol. The number of nitrogens with one attached hydrogen (secondary N) is 1. The summed E-state index contributed by atoms with van der Waals surface area (Å²) in [4.78, 5) is 29.0. The summed E-state index contributed by atoms with van der Waals surface area (Å²) in [6.07, 6.45) is 7.93. The number of amides is 1. The highest BCUT2D eigenvalue weighted by molar-refractivity contribution is 6.04. The van der Waals surface area contributed by atoms with Crippen molar-refractivity contribution in [1.29, 1.82) is 0 Å². The quantitative estimate of drug-likeness (QED) is 0.807. The normalized spacial score (nSPS) is 19.7. The van der Waals surface area contributed by atoms with E-state index in [1.54, 1.807) is 58.0 Å².